The van der Waals surface area contributed by atoms with Gasteiger partial charge in [-0.3, -0.25) is 14.9 Å². The van der Waals surface area contributed by atoms with Gasteiger partial charge in [-0.1, -0.05) is 31.4 Å². The number of carbonyl (C=O) groups is 3. The van der Waals surface area contributed by atoms with Crippen molar-refractivity contribution in [2.75, 3.05) is 12.4 Å². The number of benzene rings is 2. The van der Waals surface area contributed by atoms with Crippen molar-refractivity contribution in [2.24, 2.45) is 0 Å². The monoisotopic (exact) mass is 439 g/mol. The third-order valence-corrected chi connectivity index (χ3v) is 5.30. The zero-order valence-electron chi connectivity index (χ0n) is 17.3. The molecule has 3 N–H and O–H groups in total. The minimum Gasteiger partial charge on any atom is -0.465 e. The molecule has 7 nitrogen and oxygen atoms in total. The molecule has 3 rings (SSSR count). The summed E-state index contributed by atoms with van der Waals surface area (Å²) in [4.78, 5) is 36.6. The van der Waals surface area contributed by atoms with Crippen LogP contribution in [0, 0.1) is 0 Å². The first-order valence-corrected chi connectivity index (χ1v) is 10.6. The molecule has 2 amide bonds. The lowest BCUT2D eigenvalue weighted by atomic mass is 9.95. The van der Waals surface area contributed by atoms with Gasteiger partial charge in [0.05, 0.1) is 12.7 Å². The number of hydrogen-bond donors (Lipinski definition) is 3. The molecular formula is C23H25N3O4S. The van der Waals surface area contributed by atoms with Crippen molar-refractivity contribution in [2.45, 2.75) is 38.1 Å². The maximum atomic E-state index is 12.5. The number of anilines is 1. The van der Waals surface area contributed by atoms with Gasteiger partial charge in [0.1, 0.15) is 0 Å². The number of methoxy groups -OCH3 is 1. The van der Waals surface area contributed by atoms with Crippen molar-refractivity contribution in [3.05, 3.63) is 65.2 Å². The van der Waals surface area contributed by atoms with Crippen molar-refractivity contribution in [1.29, 1.82) is 0 Å². The molecule has 162 valence electrons. The van der Waals surface area contributed by atoms with Crippen LogP contribution < -0.4 is 16.0 Å². The van der Waals surface area contributed by atoms with Crippen LogP contribution in [0.15, 0.2) is 48.5 Å². The maximum Gasteiger partial charge on any atom is 0.337 e. The molecule has 0 heterocycles. The van der Waals surface area contributed by atoms with Crippen molar-refractivity contribution in [3.63, 3.8) is 0 Å². The number of hydrogen-bond acceptors (Lipinski definition) is 5. The van der Waals surface area contributed by atoms with E-state index in [1.54, 1.807) is 42.5 Å². The Balaban J connectivity index is 1.59. The molecule has 8 heteroatoms. The minimum atomic E-state index is -0.529. The van der Waals surface area contributed by atoms with Gasteiger partial charge in [0.25, 0.3) is 11.8 Å². The molecule has 0 atom stereocenters. The Labute approximate surface area is 186 Å². The number of nitrogens with one attached hydrogen (secondary N) is 3. The van der Waals surface area contributed by atoms with Crippen LogP contribution in [0.4, 0.5) is 5.69 Å². The first kappa shape index (κ1) is 22.4. The smallest absolute Gasteiger partial charge is 0.337 e. The van der Waals surface area contributed by atoms with Gasteiger partial charge < -0.3 is 15.4 Å². The average molecular weight is 440 g/mol. The largest absolute Gasteiger partial charge is 0.465 e. The summed E-state index contributed by atoms with van der Waals surface area (Å²) in [5.74, 6) is -1.11. The second kappa shape index (κ2) is 10.7. The number of rotatable bonds is 5. The highest BCUT2D eigenvalue weighted by Crippen LogP contribution is 2.18. The zero-order valence-corrected chi connectivity index (χ0v) is 18.1. The van der Waals surface area contributed by atoms with E-state index in [0.29, 0.717) is 11.3 Å². The van der Waals surface area contributed by atoms with Crippen molar-refractivity contribution in [3.8, 4) is 0 Å². The molecule has 0 spiro atoms. The number of carbonyl (C=O) groups excluding carboxylic acids is 3. The van der Waals surface area contributed by atoms with Crippen LogP contribution in [0.5, 0.6) is 0 Å². The molecule has 0 bridgehead atoms. The molecule has 0 aliphatic heterocycles. The van der Waals surface area contributed by atoms with E-state index >= 15 is 0 Å². The topological polar surface area (TPSA) is 96.5 Å². The molecule has 0 aromatic heterocycles. The fraction of sp³-hybridized carbons (Fsp3) is 0.304. The third kappa shape index (κ3) is 6.36. The first-order valence-electron chi connectivity index (χ1n) is 10.2. The molecule has 0 saturated heterocycles. The molecular weight excluding hydrogens is 414 g/mol. The number of esters is 1. The zero-order chi connectivity index (χ0) is 22.2. The summed E-state index contributed by atoms with van der Waals surface area (Å²) in [6.45, 7) is 0. The van der Waals surface area contributed by atoms with Crippen LogP contribution in [0.3, 0.4) is 0 Å². The lowest BCUT2D eigenvalue weighted by Gasteiger charge is -2.22. The molecule has 2 aromatic rings. The molecule has 31 heavy (non-hydrogen) atoms. The molecule has 0 unspecified atom stereocenters. The Morgan fingerprint density at radius 3 is 2.26 bits per heavy atom. The van der Waals surface area contributed by atoms with Gasteiger partial charge in [0.2, 0.25) is 0 Å². The van der Waals surface area contributed by atoms with Crippen LogP contribution in [0.2, 0.25) is 0 Å². The summed E-state index contributed by atoms with van der Waals surface area (Å²) >= 11 is 5.22. The summed E-state index contributed by atoms with van der Waals surface area (Å²) in [6, 6.07) is 13.3. The van der Waals surface area contributed by atoms with Gasteiger partial charge in [-0.05, 0) is 61.5 Å². The first-order chi connectivity index (χ1) is 15.0. The summed E-state index contributed by atoms with van der Waals surface area (Å²) in [6.07, 6.45) is 5.53. The SMILES string of the molecule is COC(=O)c1cccc(C(=O)NC(=S)Nc2cccc(C(=O)NC3CCCCC3)c2)c1. The van der Waals surface area contributed by atoms with E-state index in [1.807, 2.05) is 0 Å². The molecule has 1 saturated carbocycles. The number of thiocarbonyl (C=S) groups is 1. The van der Waals surface area contributed by atoms with Crippen LogP contribution in [-0.2, 0) is 4.74 Å². The Kier molecular flexibility index (Phi) is 7.72. The predicted octanol–water partition coefficient (Wildman–Crippen LogP) is 3.66. The van der Waals surface area contributed by atoms with E-state index in [4.69, 9.17) is 12.2 Å². The van der Waals surface area contributed by atoms with Crippen molar-refractivity contribution in [1.82, 2.24) is 10.6 Å². The number of amides is 2. The summed E-state index contributed by atoms with van der Waals surface area (Å²) in [5.41, 5.74) is 1.65. The third-order valence-electron chi connectivity index (χ3n) is 5.10. The summed E-state index contributed by atoms with van der Waals surface area (Å²) < 4.78 is 4.67. The van der Waals surface area contributed by atoms with E-state index in [9.17, 15) is 14.4 Å². The minimum absolute atomic E-state index is 0.0818. The van der Waals surface area contributed by atoms with Gasteiger partial charge in [0, 0.05) is 22.9 Å². The van der Waals surface area contributed by atoms with Crippen molar-refractivity contribution < 1.29 is 19.1 Å². The van der Waals surface area contributed by atoms with Gasteiger partial charge in [-0.2, -0.15) is 0 Å². The Hall–Kier alpha value is -3.26. The maximum absolute atomic E-state index is 12.5. The van der Waals surface area contributed by atoms with E-state index in [1.165, 1.54) is 19.6 Å². The second-order valence-electron chi connectivity index (χ2n) is 7.37. The fourth-order valence-electron chi connectivity index (χ4n) is 3.50. The van der Waals surface area contributed by atoms with E-state index in [0.717, 1.165) is 25.7 Å². The molecule has 0 radical (unpaired) electrons. The van der Waals surface area contributed by atoms with Crippen LogP contribution in [0.25, 0.3) is 0 Å². The fourth-order valence-corrected chi connectivity index (χ4v) is 3.71. The van der Waals surface area contributed by atoms with Crippen LogP contribution >= 0.6 is 12.2 Å². The summed E-state index contributed by atoms with van der Waals surface area (Å²) in [7, 11) is 1.28. The summed E-state index contributed by atoms with van der Waals surface area (Å²) in [5, 5.41) is 8.65. The highest BCUT2D eigenvalue weighted by atomic mass is 32.1. The molecule has 2 aromatic carbocycles. The lowest BCUT2D eigenvalue weighted by Crippen LogP contribution is -2.36. The average Bonchev–Trinajstić information content (AvgIpc) is 2.79. The van der Waals surface area contributed by atoms with Crippen LogP contribution in [-0.4, -0.2) is 36.0 Å². The molecule has 1 fully saturated rings. The lowest BCUT2D eigenvalue weighted by molar-refractivity contribution is 0.0600. The van der Waals surface area contributed by atoms with Gasteiger partial charge in [-0.25, -0.2) is 4.79 Å². The van der Waals surface area contributed by atoms with Gasteiger partial charge >= 0.3 is 5.97 Å². The standard InChI is InChI=1S/C23H25N3O4S/c1-30-22(29)17-9-5-7-15(13-17)21(28)26-23(31)25-19-12-6-8-16(14-19)20(27)24-18-10-3-2-4-11-18/h5-9,12-14,18H,2-4,10-11H2,1H3,(H,24,27)(H2,25,26,28,31). The Bertz CT molecular complexity index is 986. The van der Waals surface area contributed by atoms with E-state index < -0.39 is 11.9 Å². The number of ether oxygens (including phenoxy) is 1. The predicted molar refractivity (Wildman–Crippen MR) is 122 cm³/mol. The highest BCUT2D eigenvalue weighted by molar-refractivity contribution is 7.80. The molecule has 1 aliphatic carbocycles. The van der Waals surface area contributed by atoms with Gasteiger partial charge in [-0.15, -0.1) is 0 Å². The van der Waals surface area contributed by atoms with E-state index in [-0.39, 0.29) is 28.2 Å². The van der Waals surface area contributed by atoms with E-state index in [2.05, 4.69) is 20.7 Å². The van der Waals surface area contributed by atoms with Gasteiger partial charge in [0.15, 0.2) is 5.11 Å². The highest BCUT2D eigenvalue weighted by Gasteiger charge is 2.17. The Morgan fingerprint density at radius 2 is 1.55 bits per heavy atom. The quantitative estimate of drug-likeness (QED) is 0.486. The normalized spacial score (nSPS) is 13.7. The molecule has 1 aliphatic rings. The van der Waals surface area contributed by atoms with Crippen LogP contribution in [0.1, 0.15) is 63.2 Å². The second-order valence-corrected chi connectivity index (χ2v) is 7.78. The Morgan fingerprint density at radius 1 is 0.903 bits per heavy atom. The van der Waals surface area contributed by atoms with Crippen molar-refractivity contribution >= 4 is 40.8 Å².